The highest BCUT2D eigenvalue weighted by atomic mass is 16.8. The van der Waals surface area contributed by atoms with Gasteiger partial charge in [-0.3, -0.25) is 0 Å². The molecule has 2 saturated heterocycles. The molecule has 30 heavy (non-hydrogen) atoms. The van der Waals surface area contributed by atoms with Crippen molar-refractivity contribution in [1.29, 1.82) is 0 Å². The molecule has 2 heterocycles. The van der Waals surface area contributed by atoms with Crippen molar-refractivity contribution in [2.45, 2.75) is 89.3 Å². The summed E-state index contributed by atoms with van der Waals surface area (Å²) >= 11 is 0. The average Bonchev–Trinajstić information content (AvgIpc) is 3.43. The maximum Gasteiger partial charge on any atom is 0.195 e. The van der Waals surface area contributed by atoms with E-state index in [1.54, 1.807) is 5.57 Å². The molecule has 2 aliphatic heterocycles. The molecule has 0 bridgehead atoms. The molecule has 0 radical (unpaired) electrons. The quantitative estimate of drug-likeness (QED) is 0.647. The molecule has 1 N–H and O–H groups in total. The molecule has 3 saturated carbocycles. The average molecular weight is 419 g/mol. The number of hydrogen-bond donors (Lipinski definition) is 1. The minimum Gasteiger partial charge on any atom is -0.384 e. The fourth-order valence-corrected chi connectivity index (χ4v) is 8.86. The van der Waals surface area contributed by atoms with E-state index in [0.29, 0.717) is 31.0 Å². The van der Waals surface area contributed by atoms with Crippen LogP contribution in [0.5, 0.6) is 0 Å². The second-order valence-electron chi connectivity index (χ2n) is 11.5. The van der Waals surface area contributed by atoms with Crippen LogP contribution in [0.2, 0.25) is 0 Å². The zero-order valence-corrected chi connectivity index (χ0v) is 18.9. The SMILES string of the molecule is CC1([C@]2(O)CC[C@@H]3[C@@H]4CC=C5CC6(CC[C@]5(C)[C@@H]4CC[C@@]32C)OCCO6)OCCO1. The zero-order valence-electron chi connectivity index (χ0n) is 18.9. The molecule has 5 fully saturated rings. The van der Waals surface area contributed by atoms with Gasteiger partial charge in [-0.25, -0.2) is 0 Å². The Hall–Kier alpha value is -0.460. The highest BCUT2D eigenvalue weighted by molar-refractivity contribution is 5.28. The van der Waals surface area contributed by atoms with Crippen LogP contribution in [0.4, 0.5) is 0 Å². The molecule has 4 aliphatic carbocycles. The number of ether oxygens (including phenoxy) is 4. The van der Waals surface area contributed by atoms with E-state index >= 15 is 0 Å². The molecule has 0 aromatic heterocycles. The largest absolute Gasteiger partial charge is 0.384 e. The first kappa shape index (κ1) is 20.2. The second-order valence-corrected chi connectivity index (χ2v) is 11.5. The van der Waals surface area contributed by atoms with Crippen molar-refractivity contribution in [2.24, 2.45) is 28.6 Å². The Morgan fingerprint density at radius 3 is 2.23 bits per heavy atom. The van der Waals surface area contributed by atoms with Crippen molar-refractivity contribution in [3.8, 4) is 0 Å². The number of rotatable bonds is 1. The molecule has 0 amide bonds. The molecule has 6 atom stereocenters. The first-order chi connectivity index (χ1) is 14.3. The summed E-state index contributed by atoms with van der Waals surface area (Å²) in [4.78, 5) is 0. The van der Waals surface area contributed by atoms with Crippen LogP contribution in [-0.2, 0) is 18.9 Å². The van der Waals surface area contributed by atoms with Gasteiger partial charge >= 0.3 is 0 Å². The van der Waals surface area contributed by atoms with Gasteiger partial charge in [0.1, 0.15) is 5.60 Å². The lowest BCUT2D eigenvalue weighted by Gasteiger charge is -2.60. The van der Waals surface area contributed by atoms with Gasteiger partial charge in [0.2, 0.25) is 0 Å². The first-order valence-electron chi connectivity index (χ1n) is 12.2. The molecule has 0 unspecified atom stereocenters. The van der Waals surface area contributed by atoms with Crippen LogP contribution in [0.25, 0.3) is 0 Å². The van der Waals surface area contributed by atoms with Crippen molar-refractivity contribution in [3.63, 3.8) is 0 Å². The molecule has 168 valence electrons. The van der Waals surface area contributed by atoms with Crippen LogP contribution >= 0.6 is 0 Å². The number of hydrogen-bond acceptors (Lipinski definition) is 5. The smallest absolute Gasteiger partial charge is 0.195 e. The van der Waals surface area contributed by atoms with Crippen molar-refractivity contribution in [1.82, 2.24) is 0 Å². The number of allylic oxidation sites excluding steroid dienone is 1. The molecule has 0 aromatic rings. The fourth-order valence-electron chi connectivity index (χ4n) is 8.86. The lowest BCUT2D eigenvalue weighted by Crippen LogP contribution is -2.63. The van der Waals surface area contributed by atoms with Gasteiger partial charge < -0.3 is 24.1 Å². The summed E-state index contributed by atoms with van der Waals surface area (Å²) in [7, 11) is 0. The second kappa shape index (κ2) is 6.32. The third-order valence-electron chi connectivity index (χ3n) is 10.7. The third kappa shape index (κ3) is 2.37. The van der Waals surface area contributed by atoms with E-state index < -0.39 is 11.4 Å². The molecule has 5 heteroatoms. The summed E-state index contributed by atoms with van der Waals surface area (Å²) in [6.45, 7) is 9.45. The summed E-state index contributed by atoms with van der Waals surface area (Å²) < 4.78 is 24.2. The summed E-state index contributed by atoms with van der Waals surface area (Å²) in [5.41, 5.74) is 0.764. The Bertz CT molecular complexity index is 751. The van der Waals surface area contributed by atoms with Gasteiger partial charge in [0.05, 0.1) is 26.4 Å². The summed E-state index contributed by atoms with van der Waals surface area (Å²) in [6.07, 6.45) is 10.8. The summed E-state index contributed by atoms with van der Waals surface area (Å²) in [5, 5.41) is 12.0. The minimum atomic E-state index is -0.904. The van der Waals surface area contributed by atoms with E-state index in [9.17, 15) is 5.11 Å². The summed E-state index contributed by atoms with van der Waals surface area (Å²) in [5.74, 6) is 0.638. The minimum absolute atomic E-state index is 0.150. The third-order valence-corrected chi connectivity index (χ3v) is 10.7. The molecule has 6 aliphatic rings. The molecular weight excluding hydrogens is 380 g/mol. The molecule has 6 rings (SSSR count). The van der Waals surface area contributed by atoms with E-state index in [4.69, 9.17) is 18.9 Å². The predicted octanol–water partition coefficient (Wildman–Crippen LogP) is 4.19. The fraction of sp³-hybridized carbons (Fsp3) is 0.920. The Morgan fingerprint density at radius 2 is 1.50 bits per heavy atom. The van der Waals surface area contributed by atoms with Crippen LogP contribution in [-0.4, -0.2) is 48.7 Å². The van der Waals surface area contributed by atoms with Crippen LogP contribution < -0.4 is 0 Å². The topological polar surface area (TPSA) is 57.2 Å². The standard InChI is InChI=1S/C25H38O5/c1-21-10-11-24(29-14-15-30-24)16-17(21)4-5-18-19(21)6-8-22(2)20(18)7-9-25(22,26)23(3)27-12-13-28-23/h4,18-20,26H,5-16H2,1-3H3/t18-,19-,20-,21+,22+,25+/m1/s1. The highest BCUT2D eigenvalue weighted by Gasteiger charge is 2.70. The normalized spacial score (nSPS) is 51.3. The van der Waals surface area contributed by atoms with Crippen molar-refractivity contribution < 1.29 is 24.1 Å². The van der Waals surface area contributed by atoms with Gasteiger partial charge in [-0.2, -0.15) is 0 Å². The van der Waals surface area contributed by atoms with Gasteiger partial charge in [-0.05, 0) is 68.6 Å². The van der Waals surface area contributed by atoms with Gasteiger partial charge in [0, 0.05) is 18.3 Å². The molecular formula is C25H38O5. The van der Waals surface area contributed by atoms with Gasteiger partial charge in [0.25, 0.3) is 0 Å². The monoisotopic (exact) mass is 418 g/mol. The maximum absolute atomic E-state index is 12.0. The lowest BCUT2D eigenvalue weighted by atomic mass is 9.46. The van der Waals surface area contributed by atoms with E-state index in [1.165, 1.54) is 6.42 Å². The highest BCUT2D eigenvalue weighted by Crippen LogP contribution is 2.69. The van der Waals surface area contributed by atoms with E-state index in [0.717, 1.165) is 58.2 Å². The maximum atomic E-state index is 12.0. The Kier molecular flexibility index (Phi) is 4.25. The molecule has 1 spiro atoms. The van der Waals surface area contributed by atoms with Crippen molar-refractivity contribution >= 4 is 0 Å². The Morgan fingerprint density at radius 1 is 0.833 bits per heavy atom. The lowest BCUT2D eigenvalue weighted by molar-refractivity contribution is -0.299. The van der Waals surface area contributed by atoms with Crippen LogP contribution in [0.3, 0.4) is 0 Å². The first-order valence-corrected chi connectivity index (χ1v) is 12.2. The van der Waals surface area contributed by atoms with Crippen LogP contribution in [0.15, 0.2) is 11.6 Å². The van der Waals surface area contributed by atoms with Crippen LogP contribution in [0, 0.1) is 28.6 Å². The predicted molar refractivity (Wildman–Crippen MR) is 112 cm³/mol. The van der Waals surface area contributed by atoms with Crippen LogP contribution in [0.1, 0.15) is 72.1 Å². The summed E-state index contributed by atoms with van der Waals surface area (Å²) in [6, 6.07) is 0. The number of aliphatic hydroxyl groups is 1. The van der Waals surface area contributed by atoms with Crippen molar-refractivity contribution in [3.05, 3.63) is 11.6 Å². The van der Waals surface area contributed by atoms with E-state index in [1.807, 2.05) is 6.92 Å². The van der Waals surface area contributed by atoms with E-state index in [2.05, 4.69) is 19.9 Å². The molecule has 0 aromatic carbocycles. The van der Waals surface area contributed by atoms with Crippen molar-refractivity contribution in [2.75, 3.05) is 26.4 Å². The number of fused-ring (bicyclic) bond motifs is 5. The van der Waals surface area contributed by atoms with E-state index in [-0.39, 0.29) is 16.6 Å². The Labute approximate surface area is 180 Å². The van der Waals surface area contributed by atoms with Gasteiger partial charge in [0.15, 0.2) is 11.6 Å². The van der Waals surface area contributed by atoms with Gasteiger partial charge in [-0.15, -0.1) is 0 Å². The molecule has 5 nitrogen and oxygen atoms in total. The Balaban J connectivity index is 1.31. The zero-order chi connectivity index (χ0) is 20.8. The van der Waals surface area contributed by atoms with Gasteiger partial charge in [-0.1, -0.05) is 25.5 Å².